The molecule has 0 aliphatic carbocycles. The third-order valence-corrected chi connectivity index (χ3v) is 7.42. The summed E-state index contributed by atoms with van der Waals surface area (Å²) in [5.41, 5.74) is 0.917. The normalized spacial score (nSPS) is 15.9. The summed E-state index contributed by atoms with van der Waals surface area (Å²) in [4.78, 5) is 2.51. The maximum atomic E-state index is 12.9. The van der Waals surface area contributed by atoms with Crippen molar-refractivity contribution in [3.05, 3.63) is 46.4 Å². The van der Waals surface area contributed by atoms with Gasteiger partial charge in [-0.25, -0.2) is 8.42 Å². The largest absolute Gasteiger partial charge is 0.496 e. The molecule has 0 spiro atoms. The van der Waals surface area contributed by atoms with Crippen LogP contribution in [-0.2, 0) is 16.6 Å². The first-order valence-electron chi connectivity index (χ1n) is 9.16. The molecule has 0 aromatic heterocycles. The molecule has 0 bridgehead atoms. The maximum Gasteiger partial charge on any atom is 0.243 e. The van der Waals surface area contributed by atoms with Crippen molar-refractivity contribution in [2.75, 3.05) is 47.5 Å². The van der Waals surface area contributed by atoms with E-state index in [1.54, 1.807) is 45.6 Å². The number of rotatable bonds is 7. The Kier molecular flexibility index (Phi) is 7.05. The summed E-state index contributed by atoms with van der Waals surface area (Å²) in [5, 5.41) is 0. The first-order chi connectivity index (χ1) is 13.9. The highest BCUT2D eigenvalue weighted by molar-refractivity contribution is 9.10. The Balaban J connectivity index is 1.71. The lowest BCUT2D eigenvalue weighted by molar-refractivity contribution is 0.178. The second kappa shape index (κ2) is 9.34. The molecule has 3 rings (SSSR count). The lowest BCUT2D eigenvalue weighted by atomic mass is 10.1. The van der Waals surface area contributed by atoms with Crippen molar-refractivity contribution in [1.82, 2.24) is 9.21 Å². The van der Waals surface area contributed by atoms with Gasteiger partial charge in [-0.3, -0.25) is 4.90 Å². The summed E-state index contributed by atoms with van der Waals surface area (Å²) < 4.78 is 44.5. The lowest BCUT2D eigenvalue weighted by Gasteiger charge is -2.34. The zero-order valence-electron chi connectivity index (χ0n) is 16.7. The van der Waals surface area contributed by atoms with E-state index in [-0.39, 0.29) is 0 Å². The molecule has 9 heteroatoms. The number of methoxy groups -OCH3 is 3. The fourth-order valence-corrected chi connectivity index (χ4v) is 5.03. The Morgan fingerprint density at radius 3 is 1.93 bits per heavy atom. The van der Waals surface area contributed by atoms with Crippen LogP contribution in [-0.4, -0.2) is 65.1 Å². The highest BCUT2D eigenvalue weighted by Crippen LogP contribution is 2.35. The maximum absolute atomic E-state index is 12.9. The van der Waals surface area contributed by atoms with Crippen molar-refractivity contribution in [2.45, 2.75) is 11.4 Å². The van der Waals surface area contributed by atoms with Crippen molar-refractivity contribution >= 4 is 26.0 Å². The molecule has 7 nitrogen and oxygen atoms in total. The quantitative estimate of drug-likeness (QED) is 0.601. The Labute approximate surface area is 180 Å². The van der Waals surface area contributed by atoms with Crippen LogP contribution in [0.25, 0.3) is 0 Å². The molecular formula is C20H25BrN2O5S. The van der Waals surface area contributed by atoms with Crippen molar-refractivity contribution in [3.63, 3.8) is 0 Å². The van der Waals surface area contributed by atoms with E-state index in [1.807, 2.05) is 12.1 Å². The van der Waals surface area contributed by atoms with E-state index in [4.69, 9.17) is 14.2 Å². The predicted octanol–water partition coefficient (Wildman–Crippen LogP) is 2.98. The first kappa shape index (κ1) is 21.9. The first-order valence-corrected chi connectivity index (χ1v) is 11.4. The Morgan fingerprint density at radius 1 is 0.897 bits per heavy atom. The minimum Gasteiger partial charge on any atom is -0.496 e. The lowest BCUT2D eigenvalue weighted by Crippen LogP contribution is -2.48. The second-order valence-corrected chi connectivity index (χ2v) is 9.50. The number of piperazine rings is 1. The van der Waals surface area contributed by atoms with E-state index in [2.05, 4.69) is 20.8 Å². The van der Waals surface area contributed by atoms with Gasteiger partial charge in [-0.15, -0.1) is 0 Å². The molecule has 0 N–H and O–H groups in total. The molecular weight excluding hydrogens is 460 g/mol. The zero-order chi connectivity index (χ0) is 21.0. The summed E-state index contributed by atoms with van der Waals surface area (Å²) >= 11 is 3.34. The van der Waals surface area contributed by atoms with Crippen molar-refractivity contribution in [3.8, 4) is 17.2 Å². The number of sulfonamides is 1. The van der Waals surface area contributed by atoms with Crippen LogP contribution in [0.4, 0.5) is 0 Å². The second-order valence-electron chi connectivity index (χ2n) is 6.64. The summed E-state index contributed by atoms with van der Waals surface area (Å²) in [5.74, 6) is 2.03. The molecule has 0 unspecified atom stereocenters. The topological polar surface area (TPSA) is 68.3 Å². The van der Waals surface area contributed by atoms with Crippen LogP contribution in [0.15, 0.2) is 45.8 Å². The molecule has 1 fully saturated rings. The van der Waals surface area contributed by atoms with Crippen LogP contribution in [0.2, 0.25) is 0 Å². The van der Waals surface area contributed by atoms with Crippen molar-refractivity contribution in [1.29, 1.82) is 0 Å². The van der Waals surface area contributed by atoms with Crippen molar-refractivity contribution in [2.24, 2.45) is 0 Å². The summed E-state index contributed by atoms with van der Waals surface area (Å²) in [6, 6.07) is 10.4. The zero-order valence-corrected chi connectivity index (χ0v) is 19.1. The molecule has 0 amide bonds. The molecule has 2 aromatic rings. The number of nitrogens with zero attached hydrogens (tertiary/aromatic N) is 2. The number of benzene rings is 2. The van der Waals surface area contributed by atoms with Crippen LogP contribution < -0.4 is 14.2 Å². The number of hydrogen-bond donors (Lipinski definition) is 0. The average molecular weight is 485 g/mol. The molecule has 29 heavy (non-hydrogen) atoms. The monoisotopic (exact) mass is 484 g/mol. The molecule has 1 aliphatic heterocycles. The molecule has 0 saturated carbocycles. The summed E-state index contributed by atoms with van der Waals surface area (Å²) in [6.45, 7) is 2.70. The third-order valence-electron chi connectivity index (χ3n) is 4.98. The van der Waals surface area contributed by atoms with Gasteiger partial charge in [0.15, 0.2) is 0 Å². The molecule has 2 aromatic carbocycles. The summed E-state index contributed by atoms with van der Waals surface area (Å²) in [6.07, 6.45) is 0. The van der Waals surface area contributed by atoms with Crippen LogP contribution >= 0.6 is 15.9 Å². The molecule has 158 valence electrons. The van der Waals surface area contributed by atoms with Gasteiger partial charge in [0, 0.05) is 49.3 Å². The fraction of sp³-hybridized carbons (Fsp3) is 0.400. The van der Waals surface area contributed by atoms with Gasteiger partial charge in [0.2, 0.25) is 10.0 Å². The standard InChI is InChI=1S/C20H25BrN2O5S/c1-26-16-12-19(27-2)18(20(13-16)28-3)14-22-8-10-23(11-9-22)29(24,25)17-6-4-15(21)5-7-17/h4-7,12-13H,8-11,14H2,1-3H3. The van der Waals surface area contributed by atoms with Crippen LogP contribution in [0, 0.1) is 0 Å². The SMILES string of the molecule is COc1cc(OC)c(CN2CCN(S(=O)(=O)c3ccc(Br)cc3)CC2)c(OC)c1. The van der Waals surface area contributed by atoms with Crippen LogP contribution in [0.1, 0.15) is 5.56 Å². The van der Waals surface area contributed by atoms with E-state index in [0.717, 1.165) is 10.0 Å². The number of hydrogen-bond acceptors (Lipinski definition) is 6. The van der Waals surface area contributed by atoms with Gasteiger partial charge >= 0.3 is 0 Å². The van der Waals surface area contributed by atoms with E-state index in [9.17, 15) is 8.42 Å². The molecule has 0 radical (unpaired) electrons. The highest BCUT2D eigenvalue weighted by Gasteiger charge is 2.29. The fourth-order valence-electron chi connectivity index (χ4n) is 3.34. The van der Waals surface area contributed by atoms with E-state index < -0.39 is 10.0 Å². The highest BCUT2D eigenvalue weighted by atomic mass is 79.9. The van der Waals surface area contributed by atoms with Gasteiger partial charge < -0.3 is 14.2 Å². The van der Waals surface area contributed by atoms with Crippen LogP contribution in [0.5, 0.6) is 17.2 Å². The average Bonchev–Trinajstić information content (AvgIpc) is 2.74. The Bertz CT molecular complexity index is 917. The molecule has 1 heterocycles. The van der Waals surface area contributed by atoms with Gasteiger partial charge in [0.25, 0.3) is 0 Å². The Morgan fingerprint density at radius 2 is 1.45 bits per heavy atom. The predicted molar refractivity (Wildman–Crippen MR) is 114 cm³/mol. The van der Waals surface area contributed by atoms with Gasteiger partial charge in [-0.1, -0.05) is 15.9 Å². The van der Waals surface area contributed by atoms with E-state index >= 15 is 0 Å². The van der Waals surface area contributed by atoms with Crippen molar-refractivity contribution < 1.29 is 22.6 Å². The van der Waals surface area contributed by atoms with E-state index in [1.165, 1.54) is 4.31 Å². The minimum absolute atomic E-state index is 0.313. The third kappa shape index (κ3) is 4.85. The van der Waals surface area contributed by atoms with Crippen LogP contribution in [0.3, 0.4) is 0 Å². The summed E-state index contributed by atoms with van der Waals surface area (Å²) in [7, 11) is 1.33. The Hall–Kier alpha value is -1.81. The van der Waals surface area contributed by atoms with E-state index in [0.29, 0.717) is 54.9 Å². The smallest absolute Gasteiger partial charge is 0.243 e. The molecule has 1 saturated heterocycles. The number of halogens is 1. The van der Waals surface area contributed by atoms with Gasteiger partial charge in [-0.05, 0) is 24.3 Å². The number of ether oxygens (including phenoxy) is 3. The van der Waals surface area contributed by atoms with Gasteiger partial charge in [0.05, 0.1) is 31.8 Å². The minimum atomic E-state index is -3.49. The van der Waals surface area contributed by atoms with Gasteiger partial charge in [-0.2, -0.15) is 4.31 Å². The molecule has 0 atom stereocenters. The van der Waals surface area contributed by atoms with Gasteiger partial charge in [0.1, 0.15) is 17.2 Å². The molecule has 1 aliphatic rings.